The van der Waals surface area contributed by atoms with E-state index >= 15 is 0 Å². The summed E-state index contributed by atoms with van der Waals surface area (Å²) < 4.78 is 71.7. The van der Waals surface area contributed by atoms with Gasteiger partial charge in [0.15, 0.2) is 0 Å². The number of nitrogens with one attached hydrogen (secondary N) is 1. The van der Waals surface area contributed by atoms with Crippen LogP contribution in [0.2, 0.25) is 0 Å². The third kappa shape index (κ3) is 4.85. The first-order valence-corrected chi connectivity index (χ1v) is 11.2. The fourth-order valence-electron chi connectivity index (χ4n) is 3.23. The summed E-state index contributed by atoms with van der Waals surface area (Å²) >= 11 is 0. The molecule has 3 rings (SSSR count). The van der Waals surface area contributed by atoms with Crippen LogP contribution in [0.4, 0.5) is 18.9 Å². The number of esters is 1. The van der Waals surface area contributed by atoms with Crippen molar-refractivity contribution in [2.75, 3.05) is 11.8 Å². The van der Waals surface area contributed by atoms with Crippen LogP contribution >= 0.6 is 0 Å². The summed E-state index contributed by atoms with van der Waals surface area (Å²) in [6.45, 7) is 2.77. The molecule has 0 spiro atoms. The molecule has 0 aliphatic rings. The molecule has 10 heteroatoms. The molecule has 0 saturated carbocycles. The number of methoxy groups -OCH3 is 1. The smallest absolute Gasteiger partial charge is 0.418 e. The molecule has 0 aliphatic heterocycles. The lowest BCUT2D eigenvalue weighted by Gasteiger charge is -2.27. The van der Waals surface area contributed by atoms with Crippen LogP contribution in [0.3, 0.4) is 0 Å². The lowest BCUT2D eigenvalue weighted by molar-refractivity contribution is -0.136. The van der Waals surface area contributed by atoms with Crippen LogP contribution in [-0.4, -0.2) is 26.5 Å². The largest absolute Gasteiger partial charge is 0.465 e. The minimum absolute atomic E-state index is 0.190. The van der Waals surface area contributed by atoms with Gasteiger partial charge in [0, 0.05) is 12.4 Å². The molecule has 1 N–H and O–H groups in total. The van der Waals surface area contributed by atoms with E-state index in [0.717, 1.165) is 12.1 Å². The number of anilines is 1. The normalized spacial score (nSPS) is 12.3. The zero-order chi connectivity index (χ0) is 24.4. The molecule has 0 unspecified atom stereocenters. The second-order valence-electron chi connectivity index (χ2n) is 7.65. The van der Waals surface area contributed by atoms with E-state index in [1.165, 1.54) is 45.5 Å². The van der Waals surface area contributed by atoms with Crippen molar-refractivity contribution in [3.63, 3.8) is 0 Å². The molecule has 0 atom stereocenters. The third-order valence-corrected chi connectivity index (χ3v) is 7.31. The highest BCUT2D eigenvalue weighted by Crippen LogP contribution is 2.38. The Hall–Kier alpha value is -3.40. The molecule has 174 valence electrons. The first-order chi connectivity index (χ1) is 15.4. The highest BCUT2D eigenvalue weighted by atomic mass is 32.2. The summed E-state index contributed by atoms with van der Waals surface area (Å²) in [6, 6.07) is 12.4. The molecular formula is C23H21F3N2O4S. The minimum Gasteiger partial charge on any atom is -0.465 e. The molecule has 0 bridgehead atoms. The molecule has 0 amide bonds. The van der Waals surface area contributed by atoms with Gasteiger partial charge in [-0.15, -0.1) is 0 Å². The molecule has 33 heavy (non-hydrogen) atoms. The number of ether oxygens (including phenoxy) is 1. The number of benzene rings is 2. The summed E-state index contributed by atoms with van der Waals surface area (Å²) in [4.78, 5) is 16.0. The van der Waals surface area contributed by atoms with Gasteiger partial charge in [-0.1, -0.05) is 30.3 Å². The van der Waals surface area contributed by atoms with Crippen molar-refractivity contribution in [2.45, 2.75) is 24.8 Å². The van der Waals surface area contributed by atoms with Gasteiger partial charge in [0.1, 0.15) is 4.75 Å². The Bertz CT molecular complexity index is 1290. The average molecular weight is 478 g/mol. The van der Waals surface area contributed by atoms with Crippen LogP contribution in [0.5, 0.6) is 0 Å². The Morgan fingerprint density at radius 2 is 1.73 bits per heavy atom. The molecule has 3 aromatic rings. The number of pyridine rings is 1. The number of halogens is 3. The zero-order valence-electron chi connectivity index (χ0n) is 18.0. The fraction of sp³-hybridized carbons (Fsp3) is 0.217. The van der Waals surface area contributed by atoms with E-state index in [4.69, 9.17) is 4.74 Å². The molecule has 0 radical (unpaired) electrons. The van der Waals surface area contributed by atoms with E-state index < -0.39 is 38.2 Å². The van der Waals surface area contributed by atoms with Crippen molar-refractivity contribution in [3.05, 3.63) is 83.7 Å². The average Bonchev–Trinajstić information content (AvgIpc) is 2.78. The van der Waals surface area contributed by atoms with Crippen LogP contribution in [0.25, 0.3) is 11.1 Å². The summed E-state index contributed by atoms with van der Waals surface area (Å²) in [5.41, 5.74) is -0.148. The van der Waals surface area contributed by atoms with Crippen molar-refractivity contribution in [1.82, 2.24) is 4.98 Å². The number of hydrogen-bond acceptors (Lipinski definition) is 5. The zero-order valence-corrected chi connectivity index (χ0v) is 18.8. The van der Waals surface area contributed by atoms with Gasteiger partial charge in [-0.25, -0.2) is 13.2 Å². The number of para-hydroxylation sites is 1. The monoisotopic (exact) mass is 478 g/mol. The number of hydrogen-bond donors (Lipinski definition) is 1. The molecule has 0 saturated heterocycles. The number of rotatable bonds is 6. The van der Waals surface area contributed by atoms with Crippen molar-refractivity contribution in [1.29, 1.82) is 0 Å². The number of carbonyl (C=O) groups is 1. The van der Waals surface area contributed by atoms with E-state index in [1.54, 1.807) is 30.3 Å². The summed E-state index contributed by atoms with van der Waals surface area (Å²) in [6.07, 6.45) is -1.91. The third-order valence-electron chi connectivity index (χ3n) is 5.24. The summed E-state index contributed by atoms with van der Waals surface area (Å²) in [5.74, 6) is -0.610. The molecule has 0 aliphatic carbocycles. The Balaban J connectivity index is 2.04. The molecule has 0 fully saturated rings. The van der Waals surface area contributed by atoms with Crippen molar-refractivity contribution in [2.24, 2.45) is 0 Å². The Kier molecular flexibility index (Phi) is 6.51. The number of nitrogens with zero attached hydrogens (tertiary/aromatic N) is 1. The van der Waals surface area contributed by atoms with Crippen molar-refractivity contribution < 1.29 is 31.1 Å². The SMILES string of the molecule is COC(=O)c1cnccc1-c1cccc(C(C)(C)S(=O)(=O)Nc2ccccc2C(F)(F)F)c1. The van der Waals surface area contributed by atoms with Gasteiger partial charge in [-0.3, -0.25) is 9.71 Å². The van der Waals surface area contributed by atoms with Crippen LogP contribution in [0, 0.1) is 0 Å². The maximum Gasteiger partial charge on any atom is 0.418 e. The highest BCUT2D eigenvalue weighted by Gasteiger charge is 2.39. The maximum atomic E-state index is 13.3. The Morgan fingerprint density at radius 3 is 2.39 bits per heavy atom. The van der Waals surface area contributed by atoms with E-state index in [-0.39, 0.29) is 5.56 Å². The number of carbonyl (C=O) groups excluding carboxylic acids is 1. The quantitative estimate of drug-likeness (QED) is 0.491. The molecule has 1 heterocycles. The Labute approximate surface area is 189 Å². The Morgan fingerprint density at radius 1 is 1.03 bits per heavy atom. The number of aromatic nitrogens is 1. The first kappa shape index (κ1) is 24.2. The van der Waals surface area contributed by atoms with E-state index in [1.807, 2.05) is 0 Å². The lowest BCUT2D eigenvalue weighted by Crippen LogP contribution is -2.35. The van der Waals surface area contributed by atoms with E-state index in [2.05, 4.69) is 9.71 Å². The van der Waals surface area contributed by atoms with E-state index in [9.17, 15) is 26.4 Å². The highest BCUT2D eigenvalue weighted by molar-refractivity contribution is 7.93. The van der Waals surface area contributed by atoms with Gasteiger partial charge in [0.05, 0.1) is 23.9 Å². The molecule has 1 aromatic heterocycles. The van der Waals surface area contributed by atoms with Gasteiger partial charge in [0.2, 0.25) is 10.0 Å². The van der Waals surface area contributed by atoms with Gasteiger partial charge in [0.25, 0.3) is 0 Å². The van der Waals surface area contributed by atoms with E-state index in [0.29, 0.717) is 16.7 Å². The predicted octanol–water partition coefficient (Wildman–Crippen LogP) is 5.23. The van der Waals surface area contributed by atoms with Gasteiger partial charge in [-0.05, 0) is 54.8 Å². The van der Waals surface area contributed by atoms with Crippen LogP contribution < -0.4 is 4.72 Å². The maximum absolute atomic E-state index is 13.3. The first-order valence-electron chi connectivity index (χ1n) is 9.70. The van der Waals surface area contributed by atoms with Crippen molar-refractivity contribution in [3.8, 4) is 11.1 Å². The van der Waals surface area contributed by atoms with Gasteiger partial charge in [-0.2, -0.15) is 13.2 Å². The second-order valence-corrected chi connectivity index (χ2v) is 9.88. The van der Waals surface area contributed by atoms with Gasteiger partial charge < -0.3 is 4.74 Å². The lowest BCUT2D eigenvalue weighted by atomic mass is 9.95. The second kappa shape index (κ2) is 8.86. The van der Waals surface area contributed by atoms with Crippen LogP contribution in [-0.2, 0) is 25.7 Å². The number of sulfonamides is 1. The molecule has 2 aromatic carbocycles. The number of alkyl halides is 3. The van der Waals surface area contributed by atoms with Crippen LogP contribution in [0.15, 0.2) is 67.0 Å². The molecular weight excluding hydrogens is 457 g/mol. The van der Waals surface area contributed by atoms with Crippen LogP contribution in [0.1, 0.15) is 35.3 Å². The standard InChI is InChI=1S/C23H21F3N2O4S/c1-22(2,33(30,31)28-20-10-5-4-9-19(20)23(24,25)26)16-8-6-7-15(13-16)17-11-12-27-14-18(17)21(29)32-3/h4-14,28H,1-3H3. The molecule has 6 nitrogen and oxygen atoms in total. The minimum atomic E-state index is -4.73. The van der Waals surface area contributed by atoms with Crippen molar-refractivity contribution >= 4 is 21.7 Å². The van der Waals surface area contributed by atoms with Gasteiger partial charge >= 0.3 is 12.1 Å². The summed E-state index contributed by atoms with van der Waals surface area (Å²) in [7, 11) is -3.10. The fourth-order valence-corrected chi connectivity index (χ4v) is 4.39. The topological polar surface area (TPSA) is 85.4 Å². The summed E-state index contributed by atoms with van der Waals surface area (Å²) in [5, 5.41) is 0. The predicted molar refractivity (Wildman–Crippen MR) is 118 cm³/mol.